The summed E-state index contributed by atoms with van der Waals surface area (Å²) in [5.74, 6) is 0.162. The molecule has 0 aliphatic rings. The van der Waals surface area contributed by atoms with Crippen molar-refractivity contribution in [3.63, 3.8) is 0 Å². The predicted octanol–water partition coefficient (Wildman–Crippen LogP) is 8.00. The average Bonchev–Trinajstić information content (AvgIpc) is 2.65. The van der Waals surface area contributed by atoms with Crippen molar-refractivity contribution in [3.8, 4) is 0 Å². The van der Waals surface area contributed by atoms with Crippen LogP contribution in [0.5, 0.6) is 0 Å². The van der Waals surface area contributed by atoms with Crippen LogP contribution in [0.15, 0.2) is 12.2 Å². The van der Waals surface area contributed by atoms with Crippen molar-refractivity contribution in [2.45, 2.75) is 124 Å². The Labute approximate surface area is 164 Å². The van der Waals surface area contributed by atoms with Gasteiger partial charge in [-0.1, -0.05) is 90.7 Å². The standard InChI is InChI=1S/C24H46O2/c1-4-7-8-9-10-11-12-13-14-15-16-17-18-19-21-23(20-5-2)24(25)26-22-6-3/h13-14,23H,4-12,15-22H2,1-3H3/b14-13-. The van der Waals surface area contributed by atoms with Crippen LogP contribution in [0.1, 0.15) is 124 Å². The number of carbonyl (C=O) groups is 1. The van der Waals surface area contributed by atoms with Crippen LogP contribution in [0.25, 0.3) is 0 Å². The van der Waals surface area contributed by atoms with Gasteiger partial charge in [0.15, 0.2) is 0 Å². The molecule has 0 bridgehead atoms. The van der Waals surface area contributed by atoms with Crippen molar-refractivity contribution < 1.29 is 9.53 Å². The number of esters is 1. The van der Waals surface area contributed by atoms with E-state index >= 15 is 0 Å². The molecule has 0 heterocycles. The first kappa shape index (κ1) is 25.2. The molecule has 0 rings (SSSR count). The van der Waals surface area contributed by atoms with E-state index in [-0.39, 0.29) is 11.9 Å². The summed E-state index contributed by atoms with van der Waals surface area (Å²) < 4.78 is 5.33. The van der Waals surface area contributed by atoms with Crippen LogP contribution in [0.2, 0.25) is 0 Å². The van der Waals surface area contributed by atoms with Gasteiger partial charge in [-0.2, -0.15) is 0 Å². The summed E-state index contributed by atoms with van der Waals surface area (Å²) in [4.78, 5) is 12.0. The summed E-state index contributed by atoms with van der Waals surface area (Å²) in [5.41, 5.74) is 0. The van der Waals surface area contributed by atoms with Gasteiger partial charge in [-0.05, 0) is 44.9 Å². The number of allylic oxidation sites excluding steroid dienone is 2. The molecule has 0 N–H and O–H groups in total. The molecule has 0 amide bonds. The second-order valence-electron chi connectivity index (χ2n) is 7.67. The van der Waals surface area contributed by atoms with E-state index in [9.17, 15) is 4.79 Å². The van der Waals surface area contributed by atoms with Crippen molar-refractivity contribution >= 4 is 5.97 Å². The van der Waals surface area contributed by atoms with E-state index in [4.69, 9.17) is 4.74 Å². The average molecular weight is 367 g/mol. The highest BCUT2D eigenvalue weighted by molar-refractivity contribution is 5.72. The highest BCUT2D eigenvalue weighted by atomic mass is 16.5. The lowest BCUT2D eigenvalue weighted by Gasteiger charge is -2.14. The van der Waals surface area contributed by atoms with Crippen LogP contribution in [-0.4, -0.2) is 12.6 Å². The normalized spacial score (nSPS) is 12.6. The van der Waals surface area contributed by atoms with Gasteiger partial charge >= 0.3 is 5.97 Å². The van der Waals surface area contributed by atoms with E-state index in [1.54, 1.807) is 0 Å². The Balaban J connectivity index is 3.52. The zero-order valence-corrected chi connectivity index (χ0v) is 18.1. The maximum Gasteiger partial charge on any atom is 0.308 e. The number of ether oxygens (including phenoxy) is 1. The molecule has 0 spiro atoms. The smallest absolute Gasteiger partial charge is 0.308 e. The van der Waals surface area contributed by atoms with Crippen molar-refractivity contribution in [3.05, 3.63) is 12.2 Å². The number of unbranched alkanes of at least 4 members (excludes halogenated alkanes) is 10. The van der Waals surface area contributed by atoms with E-state index in [0.29, 0.717) is 6.61 Å². The summed E-state index contributed by atoms with van der Waals surface area (Å²) >= 11 is 0. The first-order chi connectivity index (χ1) is 12.8. The Morgan fingerprint density at radius 2 is 1.27 bits per heavy atom. The van der Waals surface area contributed by atoms with Gasteiger partial charge in [0.1, 0.15) is 0 Å². The molecule has 26 heavy (non-hydrogen) atoms. The Kier molecular flexibility index (Phi) is 19.9. The van der Waals surface area contributed by atoms with E-state index in [0.717, 1.165) is 32.1 Å². The Hall–Kier alpha value is -0.790. The number of hydrogen-bond acceptors (Lipinski definition) is 2. The predicted molar refractivity (Wildman–Crippen MR) is 114 cm³/mol. The summed E-state index contributed by atoms with van der Waals surface area (Å²) in [5, 5.41) is 0. The monoisotopic (exact) mass is 366 g/mol. The molecule has 1 unspecified atom stereocenters. The van der Waals surface area contributed by atoms with Gasteiger partial charge in [0.2, 0.25) is 0 Å². The highest BCUT2D eigenvalue weighted by Gasteiger charge is 2.18. The molecule has 0 radical (unpaired) electrons. The lowest BCUT2D eigenvalue weighted by atomic mass is 9.96. The molecule has 0 aromatic rings. The maximum atomic E-state index is 12.0. The SMILES string of the molecule is CCCCCCCC/C=C\CCCCCCC(CCC)C(=O)OCCC. The molecule has 154 valence electrons. The molecule has 0 aromatic carbocycles. The minimum Gasteiger partial charge on any atom is -0.465 e. The molecule has 0 saturated carbocycles. The van der Waals surface area contributed by atoms with Gasteiger partial charge in [-0.3, -0.25) is 4.79 Å². The van der Waals surface area contributed by atoms with Crippen LogP contribution in [0.4, 0.5) is 0 Å². The fourth-order valence-electron chi connectivity index (χ4n) is 3.33. The first-order valence-electron chi connectivity index (χ1n) is 11.6. The second kappa shape index (κ2) is 20.5. The van der Waals surface area contributed by atoms with Gasteiger partial charge in [-0.15, -0.1) is 0 Å². The third-order valence-corrected chi connectivity index (χ3v) is 4.98. The van der Waals surface area contributed by atoms with Gasteiger partial charge in [0, 0.05) is 0 Å². The van der Waals surface area contributed by atoms with E-state index in [1.807, 2.05) is 6.92 Å². The van der Waals surface area contributed by atoms with E-state index in [2.05, 4.69) is 26.0 Å². The van der Waals surface area contributed by atoms with Crippen molar-refractivity contribution in [2.75, 3.05) is 6.61 Å². The molecule has 2 nitrogen and oxygen atoms in total. The molecule has 0 aliphatic carbocycles. The second-order valence-corrected chi connectivity index (χ2v) is 7.67. The number of hydrogen-bond donors (Lipinski definition) is 0. The molecule has 0 saturated heterocycles. The quantitative estimate of drug-likeness (QED) is 0.131. The lowest BCUT2D eigenvalue weighted by Crippen LogP contribution is -2.18. The first-order valence-corrected chi connectivity index (χ1v) is 11.6. The Bertz CT molecular complexity index is 322. The minimum atomic E-state index is 0.0336. The van der Waals surface area contributed by atoms with Gasteiger partial charge in [-0.25, -0.2) is 0 Å². The summed E-state index contributed by atoms with van der Waals surface area (Å²) in [6.45, 7) is 7.04. The number of rotatable bonds is 19. The van der Waals surface area contributed by atoms with Crippen LogP contribution in [0, 0.1) is 5.92 Å². The maximum absolute atomic E-state index is 12.0. The van der Waals surface area contributed by atoms with Crippen molar-refractivity contribution in [1.29, 1.82) is 0 Å². The summed E-state index contributed by atoms with van der Waals surface area (Å²) in [6.07, 6.45) is 24.4. The van der Waals surface area contributed by atoms with Crippen LogP contribution in [-0.2, 0) is 9.53 Å². The molecular weight excluding hydrogens is 320 g/mol. The van der Waals surface area contributed by atoms with Crippen molar-refractivity contribution in [1.82, 2.24) is 0 Å². The van der Waals surface area contributed by atoms with Crippen LogP contribution in [0.3, 0.4) is 0 Å². The van der Waals surface area contributed by atoms with Gasteiger partial charge in [0.05, 0.1) is 12.5 Å². The Morgan fingerprint density at radius 3 is 1.85 bits per heavy atom. The van der Waals surface area contributed by atoms with E-state index in [1.165, 1.54) is 70.6 Å². The summed E-state index contributed by atoms with van der Waals surface area (Å²) in [6, 6.07) is 0. The molecule has 0 fully saturated rings. The molecule has 0 aromatic heterocycles. The van der Waals surface area contributed by atoms with Gasteiger partial charge < -0.3 is 4.74 Å². The largest absolute Gasteiger partial charge is 0.465 e. The third-order valence-electron chi connectivity index (χ3n) is 4.98. The van der Waals surface area contributed by atoms with Gasteiger partial charge in [0.25, 0.3) is 0 Å². The molecular formula is C24H46O2. The zero-order chi connectivity index (χ0) is 19.3. The fraction of sp³-hybridized carbons (Fsp3) is 0.875. The van der Waals surface area contributed by atoms with E-state index < -0.39 is 0 Å². The van der Waals surface area contributed by atoms with Crippen molar-refractivity contribution in [2.24, 2.45) is 5.92 Å². The minimum absolute atomic E-state index is 0.0336. The lowest BCUT2D eigenvalue weighted by molar-refractivity contribution is -0.149. The summed E-state index contributed by atoms with van der Waals surface area (Å²) in [7, 11) is 0. The Morgan fingerprint density at radius 1 is 0.692 bits per heavy atom. The molecule has 1 atom stereocenters. The zero-order valence-electron chi connectivity index (χ0n) is 18.1. The third kappa shape index (κ3) is 16.7. The fourth-order valence-corrected chi connectivity index (χ4v) is 3.33. The molecule has 2 heteroatoms. The highest BCUT2D eigenvalue weighted by Crippen LogP contribution is 2.18. The molecule has 0 aliphatic heterocycles. The van der Waals surface area contributed by atoms with Crippen LogP contribution < -0.4 is 0 Å². The number of carbonyl (C=O) groups excluding carboxylic acids is 1. The topological polar surface area (TPSA) is 26.3 Å². The van der Waals surface area contributed by atoms with Crippen LogP contribution >= 0.6 is 0 Å².